The van der Waals surface area contributed by atoms with Crippen LogP contribution in [0.15, 0.2) is 36.4 Å². The first-order valence-electron chi connectivity index (χ1n) is 7.75. The number of hydrogen-bond acceptors (Lipinski definition) is 3. The monoisotopic (exact) mass is 333 g/mol. The molecule has 2 aromatic carbocycles. The van der Waals surface area contributed by atoms with Gasteiger partial charge in [-0.05, 0) is 42.3 Å². The molecule has 0 atom stereocenters. The van der Waals surface area contributed by atoms with E-state index in [1.807, 2.05) is 18.2 Å². The Morgan fingerprint density at radius 2 is 1.79 bits per heavy atom. The Morgan fingerprint density at radius 3 is 2.58 bits per heavy atom. The Morgan fingerprint density at radius 1 is 1.00 bits per heavy atom. The summed E-state index contributed by atoms with van der Waals surface area (Å²) in [6, 6.07) is 8.74. The summed E-state index contributed by atoms with van der Waals surface area (Å²) in [7, 11) is 0. The lowest BCUT2D eigenvalue weighted by Gasteiger charge is -2.10. The van der Waals surface area contributed by atoms with E-state index in [1.165, 1.54) is 6.07 Å². The zero-order valence-corrected chi connectivity index (χ0v) is 13.0. The standard InChI is InChI=1S/C18H17F2NO3/c19-14-4-3-13(11-15(14)20)18(22)21-7-6-12-2-5-16-17(10-12)24-9-1-8-23-16/h2-5,10-11H,1,6-9H2,(H,21,22). The second-order valence-corrected chi connectivity index (χ2v) is 5.47. The Hall–Kier alpha value is -2.63. The van der Waals surface area contributed by atoms with E-state index in [9.17, 15) is 13.6 Å². The lowest BCUT2D eigenvalue weighted by Crippen LogP contribution is -2.25. The minimum Gasteiger partial charge on any atom is -0.490 e. The molecule has 4 nitrogen and oxygen atoms in total. The van der Waals surface area contributed by atoms with E-state index in [1.54, 1.807) is 0 Å². The SMILES string of the molecule is O=C(NCCc1ccc2c(c1)OCCCO2)c1ccc(F)c(F)c1. The fourth-order valence-corrected chi connectivity index (χ4v) is 2.42. The average Bonchev–Trinajstić information content (AvgIpc) is 2.82. The predicted molar refractivity (Wildman–Crippen MR) is 84.4 cm³/mol. The van der Waals surface area contributed by atoms with Gasteiger partial charge in [0.05, 0.1) is 13.2 Å². The van der Waals surface area contributed by atoms with Gasteiger partial charge < -0.3 is 14.8 Å². The minimum absolute atomic E-state index is 0.0903. The largest absolute Gasteiger partial charge is 0.490 e. The van der Waals surface area contributed by atoms with Crippen molar-refractivity contribution < 1.29 is 23.0 Å². The summed E-state index contributed by atoms with van der Waals surface area (Å²) in [4.78, 5) is 11.9. The number of hydrogen-bond donors (Lipinski definition) is 1. The van der Waals surface area contributed by atoms with Crippen LogP contribution in [0.25, 0.3) is 0 Å². The van der Waals surface area contributed by atoms with E-state index in [0.29, 0.717) is 31.9 Å². The van der Waals surface area contributed by atoms with Crippen LogP contribution in [0.4, 0.5) is 8.78 Å². The highest BCUT2D eigenvalue weighted by Gasteiger charge is 2.12. The van der Waals surface area contributed by atoms with Crippen LogP contribution in [0.1, 0.15) is 22.3 Å². The predicted octanol–water partition coefficient (Wildman–Crippen LogP) is 3.10. The van der Waals surface area contributed by atoms with Gasteiger partial charge in [0.15, 0.2) is 23.1 Å². The van der Waals surface area contributed by atoms with Crippen molar-refractivity contribution in [2.24, 2.45) is 0 Å². The van der Waals surface area contributed by atoms with Crippen molar-refractivity contribution in [3.63, 3.8) is 0 Å². The number of nitrogens with one attached hydrogen (secondary N) is 1. The van der Waals surface area contributed by atoms with Gasteiger partial charge >= 0.3 is 0 Å². The second kappa shape index (κ2) is 7.29. The lowest BCUT2D eigenvalue weighted by molar-refractivity contribution is 0.0953. The molecule has 0 aromatic heterocycles. The van der Waals surface area contributed by atoms with Crippen LogP contribution >= 0.6 is 0 Å². The van der Waals surface area contributed by atoms with Crippen LogP contribution in [0, 0.1) is 11.6 Å². The van der Waals surface area contributed by atoms with Crippen LogP contribution in [0.2, 0.25) is 0 Å². The summed E-state index contributed by atoms with van der Waals surface area (Å²) in [5.74, 6) is -1.02. The molecular weight excluding hydrogens is 316 g/mol. The summed E-state index contributed by atoms with van der Waals surface area (Å²) >= 11 is 0. The number of ether oxygens (including phenoxy) is 2. The van der Waals surface area contributed by atoms with Crippen LogP contribution in [0.5, 0.6) is 11.5 Å². The molecule has 1 N–H and O–H groups in total. The number of fused-ring (bicyclic) bond motifs is 1. The number of amides is 1. The van der Waals surface area contributed by atoms with Gasteiger partial charge in [-0.2, -0.15) is 0 Å². The Kier molecular flexibility index (Phi) is 4.93. The molecule has 0 bridgehead atoms. The number of benzene rings is 2. The van der Waals surface area contributed by atoms with Crippen LogP contribution in [-0.4, -0.2) is 25.7 Å². The Labute approximate surface area is 138 Å². The van der Waals surface area contributed by atoms with Crippen molar-refractivity contribution in [1.29, 1.82) is 0 Å². The molecule has 24 heavy (non-hydrogen) atoms. The minimum atomic E-state index is -1.04. The van der Waals surface area contributed by atoms with Crippen LogP contribution in [-0.2, 0) is 6.42 Å². The van der Waals surface area contributed by atoms with Crippen LogP contribution in [0.3, 0.4) is 0 Å². The topological polar surface area (TPSA) is 47.6 Å². The molecule has 0 saturated carbocycles. The molecule has 0 spiro atoms. The van der Waals surface area contributed by atoms with Crippen molar-refractivity contribution >= 4 is 5.91 Å². The normalized spacial score (nSPS) is 13.2. The zero-order valence-electron chi connectivity index (χ0n) is 13.0. The highest BCUT2D eigenvalue weighted by Crippen LogP contribution is 2.30. The van der Waals surface area contributed by atoms with Crippen molar-refractivity contribution in [3.8, 4) is 11.5 Å². The van der Waals surface area contributed by atoms with Gasteiger partial charge in [0, 0.05) is 18.5 Å². The van der Waals surface area contributed by atoms with Crippen LogP contribution < -0.4 is 14.8 Å². The van der Waals surface area contributed by atoms with Crippen molar-refractivity contribution in [2.75, 3.05) is 19.8 Å². The number of rotatable bonds is 4. The maximum absolute atomic E-state index is 13.1. The van der Waals surface area contributed by atoms with Gasteiger partial charge in [-0.3, -0.25) is 4.79 Å². The third-order valence-electron chi connectivity index (χ3n) is 3.69. The maximum Gasteiger partial charge on any atom is 0.251 e. The summed E-state index contributed by atoms with van der Waals surface area (Å²) in [6.45, 7) is 1.62. The molecule has 6 heteroatoms. The molecule has 1 amide bonds. The molecule has 0 radical (unpaired) electrons. The van der Waals surface area contributed by atoms with Crippen molar-refractivity contribution in [2.45, 2.75) is 12.8 Å². The van der Waals surface area contributed by atoms with Crippen molar-refractivity contribution in [3.05, 3.63) is 59.2 Å². The fourth-order valence-electron chi connectivity index (χ4n) is 2.42. The molecule has 126 valence electrons. The number of carbonyl (C=O) groups is 1. The molecule has 1 aliphatic heterocycles. The molecule has 0 fully saturated rings. The fraction of sp³-hybridized carbons (Fsp3) is 0.278. The highest BCUT2D eigenvalue weighted by molar-refractivity contribution is 5.94. The number of carbonyl (C=O) groups excluding carboxylic acids is 1. The van der Waals surface area contributed by atoms with E-state index in [2.05, 4.69) is 5.32 Å². The molecule has 0 unspecified atom stereocenters. The van der Waals surface area contributed by atoms with E-state index >= 15 is 0 Å². The molecule has 1 heterocycles. The Bertz CT molecular complexity index is 749. The summed E-state index contributed by atoms with van der Waals surface area (Å²) in [6.07, 6.45) is 1.43. The molecule has 3 rings (SSSR count). The first kappa shape index (κ1) is 16.2. The van der Waals surface area contributed by atoms with Gasteiger partial charge in [-0.15, -0.1) is 0 Å². The third kappa shape index (κ3) is 3.82. The summed E-state index contributed by atoms with van der Waals surface area (Å²) < 4.78 is 37.2. The van der Waals surface area contributed by atoms with E-state index in [0.717, 1.165) is 29.9 Å². The zero-order chi connectivity index (χ0) is 16.9. The average molecular weight is 333 g/mol. The van der Waals surface area contributed by atoms with Gasteiger partial charge in [0.25, 0.3) is 5.91 Å². The van der Waals surface area contributed by atoms with Gasteiger partial charge in [0.1, 0.15) is 0 Å². The first-order valence-corrected chi connectivity index (χ1v) is 7.75. The van der Waals surface area contributed by atoms with Crippen molar-refractivity contribution in [1.82, 2.24) is 5.32 Å². The number of halogens is 2. The van der Waals surface area contributed by atoms with Gasteiger partial charge in [-0.1, -0.05) is 6.07 Å². The smallest absolute Gasteiger partial charge is 0.251 e. The quantitative estimate of drug-likeness (QED) is 0.935. The lowest BCUT2D eigenvalue weighted by atomic mass is 10.1. The third-order valence-corrected chi connectivity index (χ3v) is 3.69. The maximum atomic E-state index is 13.1. The summed E-state index contributed by atoms with van der Waals surface area (Å²) in [5, 5.41) is 2.69. The van der Waals surface area contributed by atoms with E-state index in [-0.39, 0.29) is 5.56 Å². The van der Waals surface area contributed by atoms with E-state index < -0.39 is 17.5 Å². The Balaban J connectivity index is 1.57. The first-order chi connectivity index (χ1) is 11.6. The molecular formula is C18H17F2NO3. The molecule has 2 aromatic rings. The van der Waals surface area contributed by atoms with Gasteiger partial charge in [-0.25, -0.2) is 8.78 Å². The highest BCUT2D eigenvalue weighted by atomic mass is 19.2. The van der Waals surface area contributed by atoms with E-state index in [4.69, 9.17) is 9.47 Å². The molecule has 1 aliphatic rings. The molecule has 0 aliphatic carbocycles. The summed E-state index contributed by atoms with van der Waals surface area (Å²) in [5.41, 5.74) is 1.08. The van der Waals surface area contributed by atoms with Gasteiger partial charge in [0.2, 0.25) is 0 Å². The second-order valence-electron chi connectivity index (χ2n) is 5.47. The molecule has 0 saturated heterocycles.